The van der Waals surface area contributed by atoms with E-state index < -0.39 is 0 Å². The molecule has 1 heterocycles. The van der Waals surface area contributed by atoms with E-state index in [0.29, 0.717) is 24.6 Å². The van der Waals surface area contributed by atoms with E-state index in [1.54, 1.807) is 0 Å². The van der Waals surface area contributed by atoms with E-state index in [1.807, 2.05) is 6.92 Å². The van der Waals surface area contributed by atoms with Crippen molar-refractivity contribution in [1.82, 2.24) is 15.0 Å². The van der Waals surface area contributed by atoms with Crippen LogP contribution in [0.3, 0.4) is 0 Å². The maximum absolute atomic E-state index is 5.64. The molecule has 1 fully saturated rings. The van der Waals surface area contributed by atoms with Crippen molar-refractivity contribution in [3.05, 3.63) is 0 Å². The molecule has 1 unspecified atom stereocenters. The highest BCUT2D eigenvalue weighted by Gasteiger charge is 2.23. The third-order valence-corrected chi connectivity index (χ3v) is 2.83. The van der Waals surface area contributed by atoms with Gasteiger partial charge in [0.05, 0.1) is 6.61 Å². The first-order chi connectivity index (χ1) is 8.67. The first-order valence-electron chi connectivity index (χ1n) is 6.58. The average molecular weight is 251 g/mol. The molecule has 0 aromatic carbocycles. The van der Waals surface area contributed by atoms with Gasteiger partial charge in [0.15, 0.2) is 0 Å². The van der Waals surface area contributed by atoms with Crippen LogP contribution in [-0.4, -0.2) is 27.6 Å². The topological polar surface area (TPSA) is 86.0 Å². The summed E-state index contributed by atoms with van der Waals surface area (Å²) >= 11 is 0. The van der Waals surface area contributed by atoms with Crippen LogP contribution in [0.2, 0.25) is 0 Å². The Hall–Kier alpha value is -1.59. The third kappa shape index (κ3) is 4.01. The van der Waals surface area contributed by atoms with Gasteiger partial charge in [-0.1, -0.05) is 19.8 Å². The highest BCUT2D eigenvalue weighted by Crippen LogP contribution is 2.33. The molecule has 100 valence electrons. The van der Waals surface area contributed by atoms with Crippen LogP contribution in [0.15, 0.2) is 0 Å². The van der Waals surface area contributed by atoms with Crippen molar-refractivity contribution in [1.29, 1.82) is 0 Å². The van der Waals surface area contributed by atoms with Crippen molar-refractivity contribution in [2.24, 2.45) is 5.92 Å². The number of nitrogens with one attached hydrogen (secondary N) is 1. The zero-order valence-electron chi connectivity index (χ0n) is 11.0. The highest BCUT2D eigenvalue weighted by molar-refractivity contribution is 5.33. The summed E-state index contributed by atoms with van der Waals surface area (Å²) in [6, 6.07) is 0.642. The molecule has 1 aliphatic carbocycles. The summed E-state index contributed by atoms with van der Waals surface area (Å²) in [6.45, 7) is 4.74. The number of nitrogen functional groups attached to an aromatic ring is 1. The fourth-order valence-corrected chi connectivity index (χ4v) is 1.83. The monoisotopic (exact) mass is 251 g/mol. The molecular weight excluding hydrogens is 230 g/mol. The van der Waals surface area contributed by atoms with E-state index in [0.717, 1.165) is 18.8 Å². The molecule has 1 aliphatic rings. The maximum Gasteiger partial charge on any atom is 0.323 e. The summed E-state index contributed by atoms with van der Waals surface area (Å²) in [4.78, 5) is 12.2. The van der Waals surface area contributed by atoms with E-state index >= 15 is 0 Å². The van der Waals surface area contributed by atoms with Crippen LogP contribution in [-0.2, 0) is 0 Å². The smallest absolute Gasteiger partial charge is 0.323 e. The molecule has 3 N–H and O–H groups in total. The number of aromatic nitrogens is 3. The highest BCUT2D eigenvalue weighted by atomic mass is 16.5. The Labute approximate surface area is 107 Å². The second-order valence-electron chi connectivity index (χ2n) is 4.87. The number of nitrogens with two attached hydrogens (primary N) is 1. The molecule has 0 bridgehead atoms. The third-order valence-electron chi connectivity index (χ3n) is 2.83. The van der Waals surface area contributed by atoms with Gasteiger partial charge in [0.25, 0.3) is 0 Å². The van der Waals surface area contributed by atoms with Crippen molar-refractivity contribution in [2.45, 2.75) is 45.6 Å². The van der Waals surface area contributed by atoms with E-state index in [2.05, 4.69) is 27.2 Å². The standard InChI is InChI=1S/C12H21N5O/c1-3-6-18-12-16-10(13)15-11(17-12)14-8(2)7-9-4-5-9/h8-9H,3-7H2,1-2H3,(H3,13,14,15,16,17). The summed E-state index contributed by atoms with van der Waals surface area (Å²) in [5.74, 6) is 1.56. The van der Waals surface area contributed by atoms with Gasteiger partial charge in [-0.15, -0.1) is 0 Å². The molecule has 1 aromatic heterocycles. The Morgan fingerprint density at radius 2 is 2.17 bits per heavy atom. The number of hydrogen-bond donors (Lipinski definition) is 2. The molecule has 6 heteroatoms. The molecule has 6 nitrogen and oxygen atoms in total. The summed E-state index contributed by atoms with van der Waals surface area (Å²) in [5.41, 5.74) is 5.64. The van der Waals surface area contributed by atoms with Crippen LogP contribution >= 0.6 is 0 Å². The Morgan fingerprint density at radius 3 is 2.83 bits per heavy atom. The molecular formula is C12H21N5O. The van der Waals surface area contributed by atoms with Crippen molar-refractivity contribution < 1.29 is 4.74 Å². The zero-order valence-corrected chi connectivity index (χ0v) is 11.0. The van der Waals surface area contributed by atoms with Crippen molar-refractivity contribution in [3.8, 4) is 6.01 Å². The predicted molar refractivity (Wildman–Crippen MR) is 70.5 cm³/mol. The van der Waals surface area contributed by atoms with Crippen LogP contribution in [0.1, 0.15) is 39.5 Å². The largest absolute Gasteiger partial charge is 0.463 e. The van der Waals surface area contributed by atoms with Crippen molar-refractivity contribution >= 4 is 11.9 Å². The number of rotatable bonds is 7. The Bertz CT molecular complexity index is 394. The molecule has 0 amide bonds. The van der Waals surface area contributed by atoms with E-state index in [1.165, 1.54) is 12.8 Å². The molecule has 0 spiro atoms. The number of ether oxygens (including phenoxy) is 1. The lowest BCUT2D eigenvalue weighted by atomic mass is 10.2. The van der Waals surface area contributed by atoms with Gasteiger partial charge < -0.3 is 15.8 Å². The molecule has 1 saturated carbocycles. The normalized spacial score (nSPS) is 16.3. The number of nitrogens with zero attached hydrogens (tertiary/aromatic N) is 3. The Morgan fingerprint density at radius 1 is 1.39 bits per heavy atom. The van der Waals surface area contributed by atoms with Gasteiger partial charge >= 0.3 is 6.01 Å². The lowest BCUT2D eigenvalue weighted by Gasteiger charge is -2.13. The predicted octanol–water partition coefficient (Wildman–Crippen LogP) is 1.84. The van der Waals surface area contributed by atoms with Gasteiger partial charge in [-0.05, 0) is 25.7 Å². The summed E-state index contributed by atoms with van der Waals surface area (Å²) in [7, 11) is 0. The second-order valence-corrected chi connectivity index (χ2v) is 4.87. The molecule has 2 rings (SSSR count). The molecule has 1 aromatic rings. The molecule has 18 heavy (non-hydrogen) atoms. The van der Waals surface area contributed by atoms with Gasteiger partial charge in [-0.25, -0.2) is 0 Å². The first kappa shape index (κ1) is 12.9. The van der Waals surface area contributed by atoms with Crippen LogP contribution in [0.5, 0.6) is 6.01 Å². The fourth-order valence-electron chi connectivity index (χ4n) is 1.83. The van der Waals surface area contributed by atoms with Crippen LogP contribution in [0.4, 0.5) is 11.9 Å². The fraction of sp³-hybridized carbons (Fsp3) is 0.750. The van der Waals surface area contributed by atoms with Crippen molar-refractivity contribution in [2.75, 3.05) is 17.7 Å². The van der Waals surface area contributed by atoms with Crippen LogP contribution in [0.25, 0.3) is 0 Å². The lowest BCUT2D eigenvalue weighted by Crippen LogP contribution is -2.19. The summed E-state index contributed by atoms with van der Waals surface area (Å²) < 4.78 is 5.37. The second kappa shape index (κ2) is 5.84. The first-order valence-corrected chi connectivity index (χ1v) is 6.58. The molecule has 0 radical (unpaired) electrons. The van der Waals surface area contributed by atoms with Crippen LogP contribution in [0, 0.1) is 5.92 Å². The molecule has 0 saturated heterocycles. The Kier molecular flexibility index (Phi) is 4.17. The minimum atomic E-state index is 0.192. The van der Waals surface area contributed by atoms with Gasteiger partial charge in [-0.2, -0.15) is 15.0 Å². The Balaban J connectivity index is 1.94. The van der Waals surface area contributed by atoms with Gasteiger partial charge in [0.2, 0.25) is 11.9 Å². The summed E-state index contributed by atoms with van der Waals surface area (Å²) in [6.07, 6.45) is 4.75. The van der Waals surface area contributed by atoms with Gasteiger partial charge in [-0.3, -0.25) is 0 Å². The quantitative estimate of drug-likeness (QED) is 0.769. The molecule has 0 aliphatic heterocycles. The van der Waals surface area contributed by atoms with Gasteiger partial charge in [0, 0.05) is 6.04 Å². The van der Waals surface area contributed by atoms with E-state index in [4.69, 9.17) is 10.5 Å². The zero-order chi connectivity index (χ0) is 13.0. The minimum Gasteiger partial charge on any atom is -0.463 e. The number of anilines is 2. The van der Waals surface area contributed by atoms with Crippen LogP contribution < -0.4 is 15.8 Å². The average Bonchev–Trinajstić information content (AvgIpc) is 3.09. The van der Waals surface area contributed by atoms with E-state index in [9.17, 15) is 0 Å². The molecule has 1 atom stereocenters. The lowest BCUT2D eigenvalue weighted by molar-refractivity contribution is 0.292. The minimum absolute atomic E-state index is 0.192. The maximum atomic E-state index is 5.64. The van der Waals surface area contributed by atoms with Crippen molar-refractivity contribution in [3.63, 3.8) is 0 Å². The SMILES string of the molecule is CCCOc1nc(N)nc(NC(C)CC2CC2)n1. The van der Waals surface area contributed by atoms with E-state index in [-0.39, 0.29) is 5.95 Å². The summed E-state index contributed by atoms with van der Waals surface area (Å²) in [5, 5.41) is 3.25. The number of hydrogen-bond acceptors (Lipinski definition) is 6. The van der Waals surface area contributed by atoms with Gasteiger partial charge in [0.1, 0.15) is 0 Å².